The molecule has 2 aromatic carbocycles. The van der Waals surface area contributed by atoms with E-state index < -0.39 is 24.4 Å². The van der Waals surface area contributed by atoms with Crippen LogP contribution in [0, 0.1) is 0 Å². The highest BCUT2D eigenvalue weighted by molar-refractivity contribution is 7.89. The first kappa shape index (κ1) is 28.4. The van der Waals surface area contributed by atoms with Gasteiger partial charge in [-0.05, 0) is 48.7 Å². The van der Waals surface area contributed by atoms with E-state index in [-0.39, 0.29) is 35.7 Å². The summed E-state index contributed by atoms with van der Waals surface area (Å²) in [5.74, 6) is 0. The van der Waals surface area contributed by atoms with Gasteiger partial charge in [-0.25, -0.2) is 13.2 Å². The molecule has 3 rings (SSSR count). The summed E-state index contributed by atoms with van der Waals surface area (Å²) >= 11 is 0. The van der Waals surface area contributed by atoms with Gasteiger partial charge in [0.25, 0.3) is 0 Å². The number of carbonyl (C=O) groups is 1. The van der Waals surface area contributed by atoms with Crippen LogP contribution in [0.15, 0.2) is 65.6 Å². The maximum atomic E-state index is 13.5. The minimum Gasteiger partial charge on any atom is -0.445 e. The van der Waals surface area contributed by atoms with Crippen molar-refractivity contribution in [3.63, 3.8) is 0 Å². The number of hydrogen-bond donors (Lipinski definition) is 0. The van der Waals surface area contributed by atoms with E-state index in [4.69, 9.17) is 9.16 Å². The van der Waals surface area contributed by atoms with Crippen molar-refractivity contribution in [3.05, 3.63) is 66.2 Å². The molecule has 1 saturated heterocycles. The summed E-state index contributed by atoms with van der Waals surface area (Å²) in [4.78, 5) is 14.7. The number of carbonyl (C=O) groups excluding carboxylic acids is 1. The number of benzene rings is 2. The molecule has 0 aliphatic carbocycles. The van der Waals surface area contributed by atoms with Gasteiger partial charge >= 0.3 is 6.09 Å². The van der Waals surface area contributed by atoms with Gasteiger partial charge in [0.15, 0.2) is 8.32 Å². The summed E-state index contributed by atoms with van der Waals surface area (Å²) in [7, 11) is -5.57. The topological polar surface area (TPSA) is 76.2 Å². The highest BCUT2D eigenvalue weighted by Gasteiger charge is 2.39. The average Bonchev–Trinajstić information content (AvgIpc) is 2.85. The molecule has 1 unspecified atom stereocenters. The standard InChI is InChI=1S/C27H40N2O5SSi/c1-27(2,3)36(4,5)34-20-12-15-24-21-28(26(30)33-22-23-13-8-6-9-14-23)18-19-29(24)35(31,32)25-16-10-7-11-17-25/h6-11,13-14,16-17,24H,12,15,18-22H2,1-5H3. The normalized spacial score (nSPS) is 17.7. The maximum Gasteiger partial charge on any atom is 0.410 e. The molecule has 1 aliphatic rings. The van der Waals surface area contributed by atoms with E-state index in [0.29, 0.717) is 26.0 Å². The summed E-state index contributed by atoms with van der Waals surface area (Å²) in [6.07, 6.45) is 0.895. The zero-order valence-corrected chi connectivity index (χ0v) is 24.0. The number of amides is 1. The van der Waals surface area contributed by atoms with E-state index in [1.807, 2.05) is 30.3 Å². The minimum absolute atomic E-state index is 0.111. The molecule has 0 N–H and O–H groups in total. The van der Waals surface area contributed by atoms with Gasteiger partial charge in [-0.3, -0.25) is 0 Å². The number of nitrogens with zero attached hydrogens (tertiary/aromatic N) is 2. The molecule has 36 heavy (non-hydrogen) atoms. The van der Waals surface area contributed by atoms with Gasteiger partial charge < -0.3 is 14.1 Å². The Bertz CT molecular complexity index is 1090. The molecule has 1 aliphatic heterocycles. The van der Waals surface area contributed by atoms with Crippen molar-refractivity contribution in [2.24, 2.45) is 0 Å². The molecular formula is C27H40N2O5SSi. The van der Waals surface area contributed by atoms with Crippen molar-refractivity contribution in [1.29, 1.82) is 0 Å². The second kappa shape index (κ2) is 11.9. The Balaban J connectivity index is 1.69. The Hall–Kier alpha value is -2.20. The second-order valence-electron chi connectivity index (χ2n) is 10.8. The first-order valence-corrected chi connectivity index (χ1v) is 16.9. The van der Waals surface area contributed by atoms with Crippen LogP contribution in [0.3, 0.4) is 0 Å². The highest BCUT2D eigenvalue weighted by Crippen LogP contribution is 2.36. The molecule has 0 bridgehead atoms. The van der Waals surface area contributed by atoms with E-state index in [0.717, 1.165) is 5.56 Å². The van der Waals surface area contributed by atoms with Gasteiger partial charge in [0, 0.05) is 32.3 Å². The van der Waals surface area contributed by atoms with Crippen LogP contribution in [0.4, 0.5) is 4.79 Å². The number of ether oxygens (including phenoxy) is 1. The fourth-order valence-electron chi connectivity index (χ4n) is 3.96. The molecular weight excluding hydrogens is 492 g/mol. The smallest absolute Gasteiger partial charge is 0.410 e. The first-order chi connectivity index (χ1) is 16.9. The average molecular weight is 533 g/mol. The molecule has 0 spiro atoms. The second-order valence-corrected chi connectivity index (χ2v) is 17.5. The van der Waals surface area contributed by atoms with Crippen LogP contribution in [0.25, 0.3) is 0 Å². The minimum atomic E-state index is -3.68. The molecule has 0 radical (unpaired) electrons. The van der Waals surface area contributed by atoms with Crippen molar-refractivity contribution in [2.45, 2.75) is 69.3 Å². The lowest BCUT2D eigenvalue weighted by molar-refractivity contribution is 0.0677. The van der Waals surface area contributed by atoms with E-state index in [1.165, 1.54) is 0 Å². The third-order valence-electron chi connectivity index (χ3n) is 7.19. The Kier molecular flexibility index (Phi) is 9.37. The lowest BCUT2D eigenvalue weighted by Gasteiger charge is -2.40. The van der Waals surface area contributed by atoms with Crippen molar-refractivity contribution < 1.29 is 22.4 Å². The van der Waals surface area contributed by atoms with Crippen LogP contribution >= 0.6 is 0 Å². The molecule has 2 aromatic rings. The van der Waals surface area contributed by atoms with Gasteiger partial charge in [-0.2, -0.15) is 4.31 Å². The van der Waals surface area contributed by atoms with Crippen LogP contribution in [0.1, 0.15) is 39.2 Å². The largest absolute Gasteiger partial charge is 0.445 e. The lowest BCUT2D eigenvalue weighted by Crippen LogP contribution is -2.56. The van der Waals surface area contributed by atoms with Gasteiger partial charge in [-0.15, -0.1) is 0 Å². The number of sulfonamides is 1. The van der Waals surface area contributed by atoms with E-state index in [9.17, 15) is 13.2 Å². The van der Waals surface area contributed by atoms with Gasteiger partial charge in [0.1, 0.15) is 6.61 Å². The predicted molar refractivity (Wildman–Crippen MR) is 145 cm³/mol. The number of piperazine rings is 1. The van der Waals surface area contributed by atoms with Crippen LogP contribution in [0.5, 0.6) is 0 Å². The fourth-order valence-corrected chi connectivity index (χ4v) is 6.70. The maximum absolute atomic E-state index is 13.5. The van der Waals surface area contributed by atoms with Crippen LogP contribution in [-0.2, 0) is 25.8 Å². The van der Waals surface area contributed by atoms with Crippen LogP contribution < -0.4 is 0 Å². The molecule has 1 atom stereocenters. The number of hydrogen-bond acceptors (Lipinski definition) is 5. The molecule has 0 saturated carbocycles. The quantitative estimate of drug-likeness (QED) is 0.315. The van der Waals surface area contributed by atoms with Gasteiger partial charge in [-0.1, -0.05) is 69.3 Å². The molecule has 7 nitrogen and oxygen atoms in total. The third kappa shape index (κ3) is 7.18. The first-order valence-electron chi connectivity index (χ1n) is 12.6. The van der Waals surface area contributed by atoms with E-state index >= 15 is 0 Å². The van der Waals surface area contributed by atoms with Crippen molar-refractivity contribution in [3.8, 4) is 0 Å². The fraction of sp³-hybridized carbons (Fsp3) is 0.519. The highest BCUT2D eigenvalue weighted by atomic mass is 32.2. The van der Waals surface area contributed by atoms with E-state index in [2.05, 4.69) is 33.9 Å². The molecule has 1 heterocycles. The molecule has 1 fully saturated rings. The summed E-state index contributed by atoms with van der Waals surface area (Å²) < 4.78 is 40.3. The van der Waals surface area contributed by atoms with E-state index in [1.54, 1.807) is 39.5 Å². The Labute approximate surface area is 217 Å². The predicted octanol–water partition coefficient (Wildman–Crippen LogP) is 5.50. The molecule has 0 aromatic heterocycles. The van der Waals surface area contributed by atoms with Crippen LogP contribution in [-0.4, -0.2) is 64.3 Å². The third-order valence-corrected chi connectivity index (χ3v) is 13.7. The van der Waals surface area contributed by atoms with Gasteiger partial charge in [0.05, 0.1) is 4.90 Å². The Morgan fingerprint density at radius 2 is 1.61 bits per heavy atom. The van der Waals surface area contributed by atoms with Crippen molar-refractivity contribution in [2.75, 3.05) is 26.2 Å². The number of rotatable bonds is 9. The van der Waals surface area contributed by atoms with Crippen LogP contribution in [0.2, 0.25) is 18.1 Å². The lowest BCUT2D eigenvalue weighted by atomic mass is 10.1. The summed E-state index contributed by atoms with van der Waals surface area (Å²) in [6.45, 7) is 12.6. The summed E-state index contributed by atoms with van der Waals surface area (Å²) in [6, 6.07) is 17.7. The monoisotopic (exact) mass is 532 g/mol. The Morgan fingerprint density at radius 3 is 2.22 bits per heavy atom. The molecule has 9 heteroatoms. The summed E-state index contributed by atoms with van der Waals surface area (Å²) in [5, 5.41) is 0.111. The SMILES string of the molecule is CC(C)(C)[Si](C)(C)OCCCC1CN(C(=O)OCc2ccccc2)CCN1S(=O)(=O)c1ccccc1. The van der Waals surface area contributed by atoms with Gasteiger partial charge in [0.2, 0.25) is 10.0 Å². The molecule has 1 amide bonds. The van der Waals surface area contributed by atoms with Crippen molar-refractivity contribution in [1.82, 2.24) is 9.21 Å². The zero-order chi connectivity index (χ0) is 26.4. The molecule has 198 valence electrons. The van der Waals surface area contributed by atoms with Crippen molar-refractivity contribution >= 4 is 24.4 Å². The zero-order valence-electron chi connectivity index (χ0n) is 22.1. The summed E-state index contributed by atoms with van der Waals surface area (Å²) in [5.41, 5.74) is 0.912. The Morgan fingerprint density at radius 1 is 1.00 bits per heavy atom.